The van der Waals surface area contributed by atoms with Crippen molar-refractivity contribution in [3.63, 3.8) is 0 Å². The summed E-state index contributed by atoms with van der Waals surface area (Å²) in [6, 6.07) is 0.917. The van der Waals surface area contributed by atoms with E-state index in [1.165, 1.54) is 0 Å². The molecule has 1 aliphatic heterocycles. The van der Waals surface area contributed by atoms with Crippen LogP contribution in [-0.4, -0.2) is 47.2 Å². The molecule has 0 aliphatic carbocycles. The van der Waals surface area contributed by atoms with Gasteiger partial charge in [-0.25, -0.2) is 18.0 Å². The third-order valence-electron chi connectivity index (χ3n) is 3.80. The zero-order chi connectivity index (χ0) is 15.6. The second-order valence-corrected chi connectivity index (χ2v) is 5.30. The number of hydrogen-bond donors (Lipinski definition) is 1. The monoisotopic (exact) mass is 302 g/mol. The molecule has 0 aromatic heterocycles. The van der Waals surface area contributed by atoms with Gasteiger partial charge in [-0.15, -0.1) is 0 Å². The highest BCUT2D eigenvalue weighted by Crippen LogP contribution is 2.21. The lowest BCUT2D eigenvalue weighted by Crippen LogP contribution is -2.45. The topological polar surface area (TPSA) is 43.8 Å². The molecule has 0 radical (unpaired) electrons. The van der Waals surface area contributed by atoms with Gasteiger partial charge in [0.1, 0.15) is 5.82 Å². The largest absolute Gasteiger partial charge is 0.465 e. The third kappa shape index (κ3) is 3.66. The summed E-state index contributed by atoms with van der Waals surface area (Å²) in [5, 5.41) is 9.29. The van der Waals surface area contributed by atoms with E-state index >= 15 is 0 Å². The van der Waals surface area contributed by atoms with Gasteiger partial charge in [0, 0.05) is 17.7 Å². The van der Waals surface area contributed by atoms with Gasteiger partial charge in [-0.2, -0.15) is 0 Å². The van der Waals surface area contributed by atoms with Crippen LogP contribution in [0.15, 0.2) is 12.1 Å². The number of piperidine rings is 1. The number of carbonyl (C=O) groups is 1. The van der Waals surface area contributed by atoms with Gasteiger partial charge in [-0.05, 0) is 39.0 Å². The Kier molecular flexibility index (Phi) is 4.72. The summed E-state index contributed by atoms with van der Waals surface area (Å²) in [6.07, 6.45) is 0.0797. The predicted octanol–water partition coefficient (Wildman–Crippen LogP) is 2.68. The van der Waals surface area contributed by atoms with Crippen molar-refractivity contribution in [2.75, 3.05) is 20.1 Å². The number of hydrogen-bond acceptors (Lipinski definition) is 2. The fourth-order valence-electron chi connectivity index (χ4n) is 2.53. The molecule has 116 valence electrons. The van der Waals surface area contributed by atoms with E-state index in [-0.39, 0.29) is 18.2 Å². The smallest absolute Gasteiger partial charge is 0.407 e. The maximum atomic E-state index is 13.6. The highest BCUT2D eigenvalue weighted by molar-refractivity contribution is 5.65. The van der Waals surface area contributed by atoms with Crippen LogP contribution in [0.4, 0.5) is 18.0 Å². The van der Waals surface area contributed by atoms with Gasteiger partial charge in [0.05, 0.1) is 6.54 Å². The van der Waals surface area contributed by atoms with Crippen molar-refractivity contribution in [2.24, 2.45) is 0 Å². The molecule has 0 bridgehead atoms. The van der Waals surface area contributed by atoms with Gasteiger partial charge in [0.15, 0.2) is 11.6 Å². The predicted molar refractivity (Wildman–Crippen MR) is 70.4 cm³/mol. The minimum atomic E-state index is -1.28. The van der Waals surface area contributed by atoms with Crippen LogP contribution in [0.3, 0.4) is 0 Å². The molecule has 0 spiro atoms. The van der Waals surface area contributed by atoms with Crippen LogP contribution in [0.5, 0.6) is 0 Å². The van der Waals surface area contributed by atoms with Gasteiger partial charge >= 0.3 is 6.09 Å². The molecule has 21 heavy (non-hydrogen) atoms. The van der Waals surface area contributed by atoms with Gasteiger partial charge in [0.2, 0.25) is 0 Å². The van der Waals surface area contributed by atoms with Crippen LogP contribution < -0.4 is 0 Å². The van der Waals surface area contributed by atoms with E-state index in [0.29, 0.717) is 18.9 Å². The first-order chi connectivity index (χ1) is 9.88. The standard InChI is InChI=1S/C14H17F3N2O2/c1-18-4-2-10(3-5-18)19(14(20)21)8-9-6-12(16)13(17)7-11(9)15/h6-7,10H,2-5,8H2,1H3,(H,20,21). The van der Waals surface area contributed by atoms with Crippen molar-refractivity contribution in [3.8, 4) is 0 Å². The van der Waals surface area contributed by atoms with Gasteiger partial charge in [-0.3, -0.25) is 0 Å². The molecule has 1 saturated heterocycles. The second-order valence-electron chi connectivity index (χ2n) is 5.30. The molecule has 0 atom stereocenters. The molecule has 1 aromatic carbocycles. The second kappa shape index (κ2) is 6.34. The molecular weight excluding hydrogens is 285 g/mol. The van der Waals surface area contributed by atoms with E-state index in [1.807, 2.05) is 7.05 Å². The van der Waals surface area contributed by atoms with Crippen molar-refractivity contribution in [1.29, 1.82) is 0 Å². The number of likely N-dealkylation sites (tertiary alicyclic amines) is 1. The van der Waals surface area contributed by atoms with Gasteiger partial charge < -0.3 is 14.9 Å². The number of carboxylic acid groups (broad SMARTS) is 1. The zero-order valence-electron chi connectivity index (χ0n) is 11.7. The Morgan fingerprint density at radius 3 is 2.38 bits per heavy atom. The van der Waals surface area contributed by atoms with Crippen LogP contribution >= 0.6 is 0 Å². The van der Waals surface area contributed by atoms with E-state index in [1.54, 1.807) is 0 Å². The average molecular weight is 302 g/mol. The van der Waals surface area contributed by atoms with Crippen molar-refractivity contribution in [2.45, 2.75) is 25.4 Å². The molecule has 0 unspecified atom stereocenters. The fraction of sp³-hybridized carbons (Fsp3) is 0.500. The Hall–Kier alpha value is -1.76. The average Bonchev–Trinajstić information content (AvgIpc) is 2.42. The highest BCUT2D eigenvalue weighted by Gasteiger charge is 2.27. The van der Waals surface area contributed by atoms with Crippen LogP contribution in [0, 0.1) is 17.5 Å². The summed E-state index contributed by atoms with van der Waals surface area (Å²) in [5.74, 6) is -3.40. The van der Waals surface area contributed by atoms with Crippen LogP contribution in [0.1, 0.15) is 18.4 Å². The Morgan fingerprint density at radius 2 is 1.81 bits per heavy atom. The molecule has 2 rings (SSSR count). The summed E-state index contributed by atoms with van der Waals surface area (Å²) in [4.78, 5) is 14.5. The molecular formula is C14H17F3N2O2. The SMILES string of the molecule is CN1CCC(N(Cc2cc(F)c(F)cc2F)C(=O)O)CC1. The summed E-state index contributed by atoms with van der Waals surface area (Å²) in [6.45, 7) is 1.20. The molecule has 1 aliphatic rings. The minimum absolute atomic E-state index is 0.157. The molecule has 4 nitrogen and oxygen atoms in total. The number of amides is 1. The van der Waals surface area contributed by atoms with Crippen LogP contribution in [0.2, 0.25) is 0 Å². The van der Waals surface area contributed by atoms with Crippen molar-refractivity contribution >= 4 is 6.09 Å². The quantitative estimate of drug-likeness (QED) is 0.873. The molecule has 1 heterocycles. The summed E-state index contributed by atoms with van der Waals surface area (Å²) < 4.78 is 39.7. The van der Waals surface area contributed by atoms with Gasteiger partial charge in [0.25, 0.3) is 0 Å². The number of halogens is 3. The molecule has 0 saturated carbocycles. The van der Waals surface area contributed by atoms with Crippen LogP contribution in [-0.2, 0) is 6.54 Å². The lowest BCUT2D eigenvalue weighted by atomic mass is 10.0. The number of nitrogens with zero attached hydrogens (tertiary/aromatic N) is 2. The maximum absolute atomic E-state index is 13.6. The van der Waals surface area contributed by atoms with Crippen molar-refractivity contribution in [3.05, 3.63) is 35.1 Å². The maximum Gasteiger partial charge on any atom is 0.407 e. The van der Waals surface area contributed by atoms with E-state index in [2.05, 4.69) is 4.90 Å². The third-order valence-corrected chi connectivity index (χ3v) is 3.80. The zero-order valence-corrected chi connectivity index (χ0v) is 11.7. The molecule has 7 heteroatoms. The normalized spacial score (nSPS) is 17.0. The Bertz CT molecular complexity index is 531. The van der Waals surface area contributed by atoms with Crippen molar-refractivity contribution in [1.82, 2.24) is 9.80 Å². The van der Waals surface area contributed by atoms with Crippen molar-refractivity contribution < 1.29 is 23.1 Å². The number of benzene rings is 1. The lowest BCUT2D eigenvalue weighted by Gasteiger charge is -2.35. The molecule has 1 amide bonds. The van der Waals surface area contributed by atoms with E-state index in [0.717, 1.165) is 24.1 Å². The summed E-state index contributed by atoms with van der Waals surface area (Å²) >= 11 is 0. The molecule has 1 N–H and O–H groups in total. The highest BCUT2D eigenvalue weighted by atomic mass is 19.2. The Morgan fingerprint density at radius 1 is 1.24 bits per heavy atom. The molecule has 1 fully saturated rings. The summed E-state index contributed by atoms with van der Waals surface area (Å²) in [7, 11) is 1.94. The van der Waals surface area contributed by atoms with E-state index in [4.69, 9.17) is 0 Å². The first-order valence-electron chi connectivity index (χ1n) is 6.70. The van der Waals surface area contributed by atoms with Gasteiger partial charge in [-0.1, -0.05) is 0 Å². The fourth-order valence-corrected chi connectivity index (χ4v) is 2.53. The first-order valence-corrected chi connectivity index (χ1v) is 6.70. The van der Waals surface area contributed by atoms with E-state index < -0.39 is 23.5 Å². The Balaban J connectivity index is 2.17. The summed E-state index contributed by atoms with van der Waals surface area (Å²) in [5.41, 5.74) is -0.157. The molecule has 1 aromatic rings. The minimum Gasteiger partial charge on any atom is -0.465 e. The van der Waals surface area contributed by atoms with Crippen LogP contribution in [0.25, 0.3) is 0 Å². The first kappa shape index (κ1) is 15.6. The lowest BCUT2D eigenvalue weighted by molar-refractivity contribution is 0.0920. The Labute approximate surface area is 120 Å². The van der Waals surface area contributed by atoms with E-state index in [9.17, 15) is 23.1 Å². The number of rotatable bonds is 3.